The third-order valence-corrected chi connectivity index (χ3v) is 2.79. The van der Waals surface area contributed by atoms with Crippen molar-refractivity contribution in [3.8, 4) is 0 Å². The first-order valence-corrected chi connectivity index (χ1v) is 5.20. The van der Waals surface area contributed by atoms with Gasteiger partial charge in [-0.1, -0.05) is 18.2 Å². The van der Waals surface area contributed by atoms with Crippen molar-refractivity contribution in [3.05, 3.63) is 39.7 Å². The van der Waals surface area contributed by atoms with Crippen LogP contribution in [0, 0.1) is 0 Å². The zero-order chi connectivity index (χ0) is 10.1. The van der Waals surface area contributed by atoms with E-state index in [1.807, 2.05) is 11.4 Å². The summed E-state index contributed by atoms with van der Waals surface area (Å²) in [7, 11) is 0. The summed E-state index contributed by atoms with van der Waals surface area (Å²) in [6, 6.07) is 1.82. The van der Waals surface area contributed by atoms with Crippen molar-refractivity contribution in [2.45, 2.75) is 6.54 Å². The van der Waals surface area contributed by atoms with Crippen LogP contribution in [0.4, 0.5) is 0 Å². The average Bonchev–Trinajstić information content (AvgIpc) is 2.57. The molecule has 0 saturated heterocycles. The van der Waals surface area contributed by atoms with Crippen LogP contribution < -0.4 is 5.56 Å². The van der Waals surface area contributed by atoms with Gasteiger partial charge in [-0.15, -0.1) is 11.3 Å². The number of thiophene rings is 1. The van der Waals surface area contributed by atoms with E-state index in [4.69, 9.17) is 11.6 Å². The van der Waals surface area contributed by atoms with E-state index in [1.165, 1.54) is 22.2 Å². The van der Waals surface area contributed by atoms with Crippen molar-refractivity contribution in [2.75, 3.05) is 0 Å². The van der Waals surface area contributed by atoms with Gasteiger partial charge in [0, 0.05) is 5.03 Å². The summed E-state index contributed by atoms with van der Waals surface area (Å²) in [4.78, 5) is 15.9. The fourth-order valence-electron chi connectivity index (χ4n) is 1.18. The molecule has 2 aromatic heterocycles. The van der Waals surface area contributed by atoms with Crippen molar-refractivity contribution < 1.29 is 0 Å². The Morgan fingerprint density at radius 3 is 3.21 bits per heavy atom. The predicted molar refractivity (Wildman–Crippen MR) is 58.9 cm³/mol. The number of nitrogens with zero attached hydrogens (tertiary/aromatic N) is 2. The summed E-state index contributed by atoms with van der Waals surface area (Å²) >= 11 is 7.02. The van der Waals surface area contributed by atoms with Crippen LogP contribution in [0.2, 0.25) is 0 Å². The van der Waals surface area contributed by atoms with Crippen molar-refractivity contribution in [3.63, 3.8) is 0 Å². The number of aromatic nitrogens is 2. The van der Waals surface area contributed by atoms with Gasteiger partial charge in [-0.2, -0.15) is 0 Å². The van der Waals surface area contributed by atoms with E-state index >= 15 is 0 Å². The fourth-order valence-corrected chi connectivity index (χ4v) is 2.10. The van der Waals surface area contributed by atoms with Gasteiger partial charge in [0.15, 0.2) is 0 Å². The van der Waals surface area contributed by atoms with Gasteiger partial charge >= 0.3 is 0 Å². The molecule has 0 N–H and O–H groups in total. The molecule has 0 atom stereocenters. The van der Waals surface area contributed by atoms with E-state index in [0.29, 0.717) is 16.3 Å². The highest BCUT2D eigenvalue weighted by Gasteiger charge is 2.04. The first-order chi connectivity index (χ1) is 6.68. The number of hydrogen-bond donors (Lipinski definition) is 0. The average molecular weight is 227 g/mol. The Balaban J connectivity index is 2.62. The molecule has 0 fully saturated rings. The number of fused-ring (bicyclic) bond motifs is 1. The van der Waals surface area contributed by atoms with Crippen LogP contribution in [0.25, 0.3) is 10.2 Å². The molecule has 0 radical (unpaired) electrons. The first-order valence-electron chi connectivity index (χ1n) is 3.94. The Labute approximate surface area is 89.3 Å². The highest BCUT2D eigenvalue weighted by molar-refractivity contribution is 7.17. The van der Waals surface area contributed by atoms with E-state index in [1.54, 1.807) is 0 Å². The topological polar surface area (TPSA) is 34.9 Å². The fraction of sp³-hybridized carbons (Fsp3) is 0.111. The molecule has 5 heteroatoms. The van der Waals surface area contributed by atoms with Gasteiger partial charge in [0.05, 0.1) is 18.4 Å². The zero-order valence-electron chi connectivity index (χ0n) is 7.24. The molecule has 0 unspecified atom stereocenters. The maximum absolute atomic E-state index is 11.8. The number of rotatable bonds is 2. The van der Waals surface area contributed by atoms with E-state index in [9.17, 15) is 4.79 Å². The molecule has 72 valence electrons. The molecule has 0 aliphatic heterocycles. The monoisotopic (exact) mass is 226 g/mol. The van der Waals surface area contributed by atoms with Crippen LogP contribution in [0.1, 0.15) is 0 Å². The van der Waals surface area contributed by atoms with Crippen LogP contribution in [0.15, 0.2) is 34.2 Å². The minimum atomic E-state index is -0.0631. The second-order valence-electron chi connectivity index (χ2n) is 2.83. The zero-order valence-corrected chi connectivity index (χ0v) is 8.81. The number of halogens is 1. The highest BCUT2D eigenvalue weighted by Crippen LogP contribution is 2.13. The Morgan fingerprint density at radius 1 is 1.71 bits per heavy atom. The van der Waals surface area contributed by atoms with E-state index in [-0.39, 0.29) is 5.56 Å². The van der Waals surface area contributed by atoms with Crippen LogP contribution in [-0.2, 0) is 6.54 Å². The molecule has 0 aliphatic carbocycles. The second kappa shape index (κ2) is 3.55. The largest absolute Gasteiger partial charge is 0.293 e. The maximum atomic E-state index is 11.8. The Morgan fingerprint density at radius 2 is 2.50 bits per heavy atom. The van der Waals surface area contributed by atoms with Gasteiger partial charge in [0.2, 0.25) is 0 Å². The van der Waals surface area contributed by atoms with Gasteiger partial charge in [0.1, 0.15) is 4.70 Å². The molecule has 3 nitrogen and oxygen atoms in total. The lowest BCUT2D eigenvalue weighted by atomic mass is 10.4. The van der Waals surface area contributed by atoms with Crippen LogP contribution >= 0.6 is 22.9 Å². The highest BCUT2D eigenvalue weighted by atomic mass is 35.5. The lowest BCUT2D eigenvalue weighted by Gasteiger charge is -2.01. The number of allylic oxidation sites excluding steroid dienone is 1. The predicted octanol–water partition coefficient (Wildman–Crippen LogP) is 2.21. The third kappa shape index (κ3) is 1.58. The first kappa shape index (κ1) is 9.43. The van der Waals surface area contributed by atoms with Crippen LogP contribution in [-0.4, -0.2) is 9.55 Å². The quantitative estimate of drug-likeness (QED) is 0.787. The summed E-state index contributed by atoms with van der Waals surface area (Å²) in [5, 5.41) is 2.27. The summed E-state index contributed by atoms with van der Waals surface area (Å²) in [5.41, 5.74) is 0.670. The summed E-state index contributed by atoms with van der Waals surface area (Å²) in [6.45, 7) is 3.85. The minimum absolute atomic E-state index is 0.0631. The molecule has 0 aliphatic rings. The standard InChI is InChI=1S/C9H7ClN2OS/c1-6(10)4-12-5-11-7-2-3-14-8(7)9(12)13/h2-3,5H,1,4H2. The second-order valence-corrected chi connectivity index (χ2v) is 4.28. The molecule has 0 spiro atoms. The Bertz CT molecular complexity index is 543. The van der Waals surface area contributed by atoms with Gasteiger partial charge in [-0.25, -0.2) is 4.98 Å². The normalized spacial score (nSPS) is 10.6. The lowest BCUT2D eigenvalue weighted by molar-refractivity contribution is 0.761. The molecule has 2 rings (SSSR count). The van der Waals surface area contributed by atoms with Gasteiger partial charge < -0.3 is 0 Å². The minimum Gasteiger partial charge on any atom is -0.293 e. The summed E-state index contributed by atoms with van der Waals surface area (Å²) < 4.78 is 2.11. The number of hydrogen-bond acceptors (Lipinski definition) is 3. The molecule has 0 amide bonds. The van der Waals surface area contributed by atoms with Crippen molar-refractivity contribution in [1.82, 2.24) is 9.55 Å². The lowest BCUT2D eigenvalue weighted by Crippen LogP contribution is -2.19. The maximum Gasteiger partial charge on any atom is 0.271 e. The van der Waals surface area contributed by atoms with E-state index < -0.39 is 0 Å². The molecular formula is C9H7ClN2OS. The van der Waals surface area contributed by atoms with E-state index in [2.05, 4.69) is 11.6 Å². The summed E-state index contributed by atoms with van der Waals surface area (Å²) in [6.07, 6.45) is 1.49. The molecule has 2 aromatic rings. The Hall–Kier alpha value is -1.13. The molecule has 0 aromatic carbocycles. The van der Waals surface area contributed by atoms with Crippen molar-refractivity contribution in [2.24, 2.45) is 0 Å². The van der Waals surface area contributed by atoms with Crippen molar-refractivity contribution >= 4 is 33.2 Å². The summed E-state index contributed by atoms with van der Waals surface area (Å²) in [5.74, 6) is 0. The van der Waals surface area contributed by atoms with Gasteiger partial charge in [-0.05, 0) is 11.4 Å². The smallest absolute Gasteiger partial charge is 0.271 e. The van der Waals surface area contributed by atoms with Crippen LogP contribution in [0.5, 0.6) is 0 Å². The van der Waals surface area contributed by atoms with Gasteiger partial charge in [0.25, 0.3) is 5.56 Å². The SMILES string of the molecule is C=C(Cl)Cn1cnc2ccsc2c1=O. The molecular weight excluding hydrogens is 220 g/mol. The third-order valence-electron chi connectivity index (χ3n) is 1.78. The van der Waals surface area contributed by atoms with Crippen LogP contribution in [0.3, 0.4) is 0 Å². The van der Waals surface area contributed by atoms with Crippen molar-refractivity contribution in [1.29, 1.82) is 0 Å². The Kier molecular flexibility index (Phi) is 2.39. The molecule has 2 heterocycles. The molecule has 14 heavy (non-hydrogen) atoms. The van der Waals surface area contributed by atoms with E-state index in [0.717, 1.165) is 5.52 Å². The van der Waals surface area contributed by atoms with Gasteiger partial charge in [-0.3, -0.25) is 9.36 Å². The molecule has 0 bridgehead atoms. The molecule has 0 saturated carbocycles.